The van der Waals surface area contributed by atoms with Crippen molar-refractivity contribution in [3.63, 3.8) is 0 Å². The lowest BCUT2D eigenvalue weighted by atomic mass is 10.1. The Labute approximate surface area is 159 Å². The van der Waals surface area contributed by atoms with E-state index in [0.717, 1.165) is 35.4 Å². The van der Waals surface area contributed by atoms with E-state index in [0.29, 0.717) is 11.6 Å². The molecule has 2 nitrogen and oxygen atoms in total. The maximum Gasteiger partial charge on any atom is 0.124 e. The summed E-state index contributed by atoms with van der Waals surface area (Å²) < 4.78 is 13.1. The van der Waals surface area contributed by atoms with E-state index in [1.54, 1.807) is 0 Å². The van der Waals surface area contributed by atoms with Gasteiger partial charge in [-0.1, -0.05) is 75.5 Å². The van der Waals surface area contributed by atoms with Crippen molar-refractivity contribution in [1.29, 1.82) is 0 Å². The van der Waals surface area contributed by atoms with Crippen LogP contribution in [0.3, 0.4) is 0 Å². The summed E-state index contributed by atoms with van der Waals surface area (Å²) in [5, 5.41) is 0.326. The van der Waals surface area contributed by atoms with Crippen molar-refractivity contribution in [1.82, 2.24) is 0 Å². The number of hydrogen-bond donors (Lipinski definition) is 0. The topological polar surface area (TPSA) is 18.5 Å². The summed E-state index contributed by atoms with van der Waals surface area (Å²) in [5.74, 6) is 0.966. The van der Waals surface area contributed by atoms with Gasteiger partial charge in [0.15, 0.2) is 0 Å². The fourth-order valence-corrected chi connectivity index (χ4v) is 3.14. The summed E-state index contributed by atoms with van der Waals surface area (Å²) in [6, 6.07) is 6.21. The number of benzene rings is 1. The first-order valence-electron chi connectivity index (χ1n) is 9.35. The van der Waals surface area contributed by atoms with E-state index in [9.17, 15) is 0 Å². The van der Waals surface area contributed by atoms with E-state index in [2.05, 4.69) is 61.9 Å². The lowest BCUT2D eigenvalue weighted by Gasteiger charge is -2.28. The molecule has 0 aliphatic carbocycles. The van der Waals surface area contributed by atoms with Gasteiger partial charge in [-0.05, 0) is 29.7 Å². The highest BCUT2D eigenvalue weighted by atomic mass is 79.9. The van der Waals surface area contributed by atoms with E-state index in [1.807, 2.05) is 6.07 Å². The number of hydrogen-bond acceptors (Lipinski definition) is 2. The molecule has 0 aliphatic rings. The first-order valence-corrected chi connectivity index (χ1v) is 13.0. The second-order valence-electron chi connectivity index (χ2n) is 7.65. The van der Waals surface area contributed by atoms with Crippen LogP contribution in [0.15, 0.2) is 22.7 Å². The minimum atomic E-state index is -0.726. The van der Waals surface area contributed by atoms with Crippen molar-refractivity contribution in [3.8, 4) is 5.75 Å². The Morgan fingerprint density at radius 1 is 1.08 bits per heavy atom. The van der Waals surface area contributed by atoms with E-state index in [1.165, 1.54) is 25.7 Å². The molecule has 0 heterocycles. The van der Waals surface area contributed by atoms with Gasteiger partial charge in [-0.3, -0.25) is 0 Å². The highest BCUT2D eigenvalue weighted by Gasteiger charge is 2.23. The molecule has 0 amide bonds. The molecule has 1 aromatic carbocycles. The van der Waals surface area contributed by atoms with Crippen molar-refractivity contribution in [2.75, 3.05) is 13.2 Å². The molecular weight excluding hydrogens is 380 g/mol. The average Bonchev–Trinajstić information content (AvgIpc) is 2.52. The highest BCUT2D eigenvalue weighted by Crippen LogP contribution is 2.30. The molecule has 0 radical (unpaired) electrons. The monoisotopic (exact) mass is 414 g/mol. The standard InChI is InChI=1S/C20H35BrO2Si/c1-6-7-8-9-10-13-23-19-12-11-18(21)14-17(19)15-22-16-20(2,3)24(4)5/h11-12,14,24H,6-10,13,15-16H2,1-5H3. The lowest BCUT2D eigenvalue weighted by molar-refractivity contribution is 0.0984. The molecule has 1 aromatic rings. The van der Waals surface area contributed by atoms with Gasteiger partial charge in [0, 0.05) is 25.4 Å². The molecule has 24 heavy (non-hydrogen) atoms. The third-order valence-corrected chi connectivity index (χ3v) is 8.61. The second kappa shape index (κ2) is 11.3. The molecule has 0 spiro atoms. The van der Waals surface area contributed by atoms with E-state index in [-0.39, 0.29) is 0 Å². The molecule has 0 aromatic heterocycles. The number of rotatable bonds is 12. The van der Waals surface area contributed by atoms with Gasteiger partial charge in [-0.15, -0.1) is 0 Å². The van der Waals surface area contributed by atoms with Gasteiger partial charge in [0.05, 0.1) is 13.2 Å². The van der Waals surface area contributed by atoms with Crippen molar-refractivity contribution >= 4 is 24.7 Å². The van der Waals surface area contributed by atoms with Crippen molar-refractivity contribution in [3.05, 3.63) is 28.2 Å². The summed E-state index contributed by atoms with van der Waals surface area (Å²) in [6.07, 6.45) is 6.30. The van der Waals surface area contributed by atoms with Crippen LogP contribution in [0.25, 0.3) is 0 Å². The molecular formula is C20H35BrO2Si. The van der Waals surface area contributed by atoms with Crippen LogP contribution >= 0.6 is 15.9 Å². The van der Waals surface area contributed by atoms with Crippen LogP contribution in [-0.2, 0) is 11.3 Å². The smallest absolute Gasteiger partial charge is 0.124 e. The summed E-state index contributed by atoms with van der Waals surface area (Å²) in [6.45, 7) is 13.9. The summed E-state index contributed by atoms with van der Waals surface area (Å²) in [4.78, 5) is 0. The average molecular weight is 415 g/mol. The third kappa shape index (κ3) is 8.17. The van der Waals surface area contributed by atoms with Crippen LogP contribution in [0.5, 0.6) is 5.75 Å². The number of unbranched alkanes of at least 4 members (excludes halogenated alkanes) is 4. The first-order chi connectivity index (χ1) is 11.4. The molecule has 0 atom stereocenters. The molecule has 0 fully saturated rings. The van der Waals surface area contributed by atoms with Gasteiger partial charge in [-0.2, -0.15) is 0 Å². The van der Waals surface area contributed by atoms with Gasteiger partial charge in [0.2, 0.25) is 0 Å². The first kappa shape index (κ1) is 21.7. The predicted molar refractivity (Wildman–Crippen MR) is 111 cm³/mol. The quantitative estimate of drug-likeness (QED) is 0.283. The van der Waals surface area contributed by atoms with Crippen LogP contribution in [0, 0.1) is 0 Å². The van der Waals surface area contributed by atoms with Gasteiger partial charge in [0.25, 0.3) is 0 Å². The molecule has 0 unspecified atom stereocenters. The number of ether oxygens (including phenoxy) is 2. The summed E-state index contributed by atoms with van der Waals surface area (Å²) in [5.41, 5.74) is 1.14. The Hall–Kier alpha value is -0.323. The van der Waals surface area contributed by atoms with E-state index in [4.69, 9.17) is 9.47 Å². The molecule has 4 heteroatoms. The predicted octanol–water partition coefficient (Wildman–Crippen LogP) is 6.58. The minimum Gasteiger partial charge on any atom is -0.493 e. The normalized spacial score (nSPS) is 12.0. The second-order valence-corrected chi connectivity index (χ2v) is 12.4. The maximum absolute atomic E-state index is 6.03. The fourth-order valence-electron chi connectivity index (χ4n) is 2.28. The Bertz CT molecular complexity index is 475. The molecule has 0 saturated heterocycles. The fraction of sp³-hybridized carbons (Fsp3) is 0.700. The zero-order valence-corrected chi connectivity index (χ0v) is 18.9. The van der Waals surface area contributed by atoms with Crippen LogP contribution in [-0.4, -0.2) is 22.0 Å². The zero-order chi connectivity index (χ0) is 18.0. The van der Waals surface area contributed by atoms with Gasteiger partial charge in [-0.25, -0.2) is 0 Å². The van der Waals surface area contributed by atoms with Crippen molar-refractivity contribution in [2.45, 2.75) is 77.6 Å². The van der Waals surface area contributed by atoms with Crippen LogP contribution in [0.1, 0.15) is 58.4 Å². The lowest BCUT2D eigenvalue weighted by Crippen LogP contribution is -2.26. The largest absolute Gasteiger partial charge is 0.493 e. The SMILES string of the molecule is CCCCCCCOc1ccc(Br)cc1COCC(C)(C)[SiH](C)C. The molecule has 0 bridgehead atoms. The minimum absolute atomic E-state index is 0.326. The van der Waals surface area contributed by atoms with Crippen LogP contribution in [0.4, 0.5) is 0 Å². The van der Waals surface area contributed by atoms with Crippen molar-refractivity contribution < 1.29 is 9.47 Å². The zero-order valence-electron chi connectivity index (χ0n) is 16.2. The summed E-state index contributed by atoms with van der Waals surface area (Å²) in [7, 11) is -0.726. The summed E-state index contributed by atoms with van der Waals surface area (Å²) >= 11 is 3.56. The number of halogens is 1. The Kier molecular flexibility index (Phi) is 10.2. The van der Waals surface area contributed by atoms with Gasteiger partial charge < -0.3 is 9.47 Å². The highest BCUT2D eigenvalue weighted by molar-refractivity contribution is 9.10. The van der Waals surface area contributed by atoms with Crippen molar-refractivity contribution in [2.24, 2.45) is 0 Å². The van der Waals surface area contributed by atoms with E-state index < -0.39 is 8.80 Å². The molecule has 138 valence electrons. The van der Waals surface area contributed by atoms with Crippen LogP contribution < -0.4 is 4.74 Å². The Balaban J connectivity index is 2.49. The molecule has 0 aliphatic heterocycles. The van der Waals surface area contributed by atoms with Gasteiger partial charge in [0.1, 0.15) is 5.75 Å². The maximum atomic E-state index is 6.03. The molecule has 0 N–H and O–H groups in total. The third-order valence-electron chi connectivity index (χ3n) is 4.82. The van der Waals surface area contributed by atoms with Gasteiger partial charge >= 0.3 is 0 Å². The molecule has 0 saturated carbocycles. The van der Waals surface area contributed by atoms with Crippen LogP contribution in [0.2, 0.25) is 18.1 Å². The Morgan fingerprint density at radius 3 is 2.46 bits per heavy atom. The Morgan fingerprint density at radius 2 is 1.79 bits per heavy atom. The molecule has 1 rings (SSSR count). The van der Waals surface area contributed by atoms with E-state index >= 15 is 0 Å².